The van der Waals surface area contributed by atoms with Crippen molar-refractivity contribution in [3.8, 4) is 0 Å². The van der Waals surface area contributed by atoms with Crippen LogP contribution in [0.1, 0.15) is 66.2 Å². The average molecular weight is 369 g/mol. The lowest BCUT2D eigenvalue weighted by atomic mass is 9.92. The van der Waals surface area contributed by atoms with E-state index < -0.39 is 5.97 Å². The third-order valence-corrected chi connectivity index (χ3v) is 5.47. The highest BCUT2D eigenvalue weighted by molar-refractivity contribution is 5.88. The Labute approximate surface area is 159 Å². The van der Waals surface area contributed by atoms with Crippen molar-refractivity contribution in [2.75, 3.05) is 13.1 Å². The van der Waals surface area contributed by atoms with E-state index in [1.807, 2.05) is 39.9 Å². The minimum atomic E-state index is -0.948. The Bertz CT molecular complexity index is 792. The Morgan fingerprint density at radius 3 is 2.44 bits per heavy atom. The highest BCUT2D eigenvalue weighted by atomic mass is 16.4. The normalized spacial score (nSPS) is 16.3. The van der Waals surface area contributed by atoms with E-state index >= 15 is 0 Å². The maximum atomic E-state index is 13.1. The van der Waals surface area contributed by atoms with Crippen LogP contribution >= 0.6 is 0 Å². The maximum absolute atomic E-state index is 13.1. The second-order valence-corrected chi connectivity index (χ2v) is 7.20. The van der Waals surface area contributed by atoms with Gasteiger partial charge >= 0.3 is 5.97 Å². The molecule has 1 aliphatic heterocycles. The molecule has 0 spiro atoms. The zero-order valence-corrected chi connectivity index (χ0v) is 16.0. The van der Waals surface area contributed by atoms with Gasteiger partial charge in [0.1, 0.15) is 5.56 Å². The van der Waals surface area contributed by atoms with Gasteiger partial charge in [0.15, 0.2) is 0 Å². The van der Waals surface area contributed by atoms with Gasteiger partial charge in [-0.05, 0) is 31.7 Å². The fraction of sp³-hybridized carbons (Fsp3) is 0.476. The van der Waals surface area contributed by atoms with E-state index in [-0.39, 0.29) is 23.4 Å². The molecule has 3 rings (SSSR count). The van der Waals surface area contributed by atoms with Crippen LogP contribution in [0.2, 0.25) is 0 Å². The fourth-order valence-electron chi connectivity index (χ4n) is 3.96. The molecule has 2 heterocycles. The summed E-state index contributed by atoms with van der Waals surface area (Å²) in [6.07, 6.45) is 4.82. The molecule has 0 saturated carbocycles. The molecule has 144 valence electrons. The van der Waals surface area contributed by atoms with Gasteiger partial charge in [0, 0.05) is 13.1 Å². The summed E-state index contributed by atoms with van der Waals surface area (Å²) in [6, 6.07) is 10.1. The van der Waals surface area contributed by atoms with Gasteiger partial charge < -0.3 is 10.0 Å². The van der Waals surface area contributed by atoms with Crippen molar-refractivity contribution in [1.82, 2.24) is 14.7 Å². The predicted molar refractivity (Wildman–Crippen MR) is 103 cm³/mol. The summed E-state index contributed by atoms with van der Waals surface area (Å²) < 4.78 is 1.81. The number of amides is 1. The summed E-state index contributed by atoms with van der Waals surface area (Å²) in [5, 5.41) is 13.5. The van der Waals surface area contributed by atoms with Crippen molar-refractivity contribution < 1.29 is 14.7 Å². The number of aromatic carboxylic acids is 1. The fourth-order valence-corrected chi connectivity index (χ4v) is 3.96. The number of hydrogen-bond acceptors (Lipinski definition) is 3. The Balaban J connectivity index is 1.67. The summed E-state index contributed by atoms with van der Waals surface area (Å²) in [6.45, 7) is 5.26. The van der Waals surface area contributed by atoms with Crippen molar-refractivity contribution in [2.45, 2.75) is 51.5 Å². The third kappa shape index (κ3) is 4.04. The number of rotatable bonds is 6. The topological polar surface area (TPSA) is 75.4 Å². The Kier molecular flexibility index (Phi) is 5.94. The lowest BCUT2D eigenvalue weighted by Crippen LogP contribution is -2.41. The van der Waals surface area contributed by atoms with Crippen LogP contribution < -0.4 is 0 Å². The number of nitrogens with zero attached hydrogens (tertiary/aromatic N) is 3. The molecule has 1 saturated heterocycles. The highest BCUT2D eigenvalue weighted by Gasteiger charge is 2.30. The van der Waals surface area contributed by atoms with E-state index in [0.29, 0.717) is 18.8 Å². The van der Waals surface area contributed by atoms with Crippen LogP contribution in [-0.4, -0.2) is 44.8 Å². The van der Waals surface area contributed by atoms with Gasteiger partial charge in [0.25, 0.3) is 0 Å². The molecule has 1 aromatic heterocycles. The van der Waals surface area contributed by atoms with Gasteiger partial charge in [-0.3, -0.25) is 9.48 Å². The van der Waals surface area contributed by atoms with Crippen LogP contribution in [-0.2, 0) is 4.79 Å². The largest absolute Gasteiger partial charge is 0.478 e. The number of aromatic nitrogens is 2. The molecule has 1 fully saturated rings. The zero-order chi connectivity index (χ0) is 19.4. The van der Waals surface area contributed by atoms with Gasteiger partial charge in [-0.1, -0.05) is 43.7 Å². The molecule has 1 amide bonds. The van der Waals surface area contributed by atoms with E-state index in [1.165, 1.54) is 6.20 Å². The van der Waals surface area contributed by atoms with Crippen LogP contribution in [0, 0.1) is 6.92 Å². The van der Waals surface area contributed by atoms with Gasteiger partial charge in [-0.15, -0.1) is 0 Å². The molecule has 1 atom stereocenters. The van der Waals surface area contributed by atoms with E-state index in [1.54, 1.807) is 6.92 Å². The molecule has 0 radical (unpaired) electrons. The van der Waals surface area contributed by atoms with E-state index in [2.05, 4.69) is 12.0 Å². The number of benzene rings is 1. The van der Waals surface area contributed by atoms with Gasteiger partial charge in [0.2, 0.25) is 5.91 Å². The smallest absolute Gasteiger partial charge is 0.339 e. The van der Waals surface area contributed by atoms with Crippen LogP contribution in [0.3, 0.4) is 0 Å². The SMILES string of the molecule is CCCC(C(=O)N1CCC(n2ncc(C(=O)O)c2C)CC1)c1ccccc1. The van der Waals surface area contributed by atoms with Gasteiger partial charge in [-0.2, -0.15) is 5.10 Å². The Morgan fingerprint density at radius 2 is 1.89 bits per heavy atom. The molecule has 6 heteroatoms. The van der Waals surface area contributed by atoms with Crippen molar-refractivity contribution in [3.05, 3.63) is 53.3 Å². The Morgan fingerprint density at radius 1 is 1.22 bits per heavy atom. The molecule has 1 aliphatic rings. The summed E-state index contributed by atoms with van der Waals surface area (Å²) in [5.74, 6) is -0.834. The molecule has 1 unspecified atom stereocenters. The van der Waals surface area contributed by atoms with Crippen LogP contribution in [0.25, 0.3) is 0 Å². The maximum Gasteiger partial charge on any atom is 0.339 e. The standard InChI is InChI=1S/C21H27N3O3/c1-3-7-18(16-8-5-4-6-9-16)20(25)23-12-10-17(11-13-23)24-15(2)19(14-22-24)21(26)27/h4-6,8-9,14,17-18H,3,7,10-13H2,1-2H3,(H,26,27). The molecule has 1 N–H and O–H groups in total. The lowest BCUT2D eigenvalue weighted by Gasteiger charge is -2.35. The Hall–Kier alpha value is -2.63. The van der Waals surface area contributed by atoms with E-state index in [0.717, 1.165) is 31.2 Å². The second kappa shape index (κ2) is 8.37. The molecular formula is C21H27N3O3. The second-order valence-electron chi connectivity index (χ2n) is 7.20. The summed E-state index contributed by atoms with van der Waals surface area (Å²) >= 11 is 0. The number of carbonyl (C=O) groups is 2. The minimum Gasteiger partial charge on any atom is -0.478 e. The quantitative estimate of drug-likeness (QED) is 0.843. The van der Waals surface area contributed by atoms with E-state index in [4.69, 9.17) is 0 Å². The molecule has 2 aromatic rings. The summed E-state index contributed by atoms with van der Waals surface area (Å²) in [5.41, 5.74) is 2.02. The van der Waals surface area contributed by atoms with Gasteiger partial charge in [-0.25, -0.2) is 4.79 Å². The first-order chi connectivity index (χ1) is 13.0. The van der Waals surface area contributed by atoms with Gasteiger partial charge in [0.05, 0.1) is 23.9 Å². The molecule has 0 aliphatic carbocycles. The molecule has 6 nitrogen and oxygen atoms in total. The monoisotopic (exact) mass is 369 g/mol. The van der Waals surface area contributed by atoms with E-state index in [9.17, 15) is 14.7 Å². The molecule has 0 bridgehead atoms. The molecule has 1 aromatic carbocycles. The first kappa shape index (κ1) is 19.1. The first-order valence-corrected chi connectivity index (χ1v) is 9.64. The van der Waals surface area contributed by atoms with Crippen molar-refractivity contribution in [2.24, 2.45) is 0 Å². The molecular weight excluding hydrogens is 342 g/mol. The number of carbonyl (C=O) groups excluding carboxylic acids is 1. The number of piperidine rings is 1. The van der Waals surface area contributed by atoms with Crippen LogP contribution in [0.15, 0.2) is 36.5 Å². The zero-order valence-electron chi connectivity index (χ0n) is 16.0. The third-order valence-electron chi connectivity index (χ3n) is 5.47. The van der Waals surface area contributed by atoms with Crippen LogP contribution in [0.4, 0.5) is 0 Å². The lowest BCUT2D eigenvalue weighted by molar-refractivity contribution is -0.134. The van der Waals surface area contributed by atoms with Crippen molar-refractivity contribution >= 4 is 11.9 Å². The molecule has 27 heavy (non-hydrogen) atoms. The summed E-state index contributed by atoms with van der Waals surface area (Å²) in [7, 11) is 0. The number of carboxylic acids is 1. The number of carboxylic acid groups (broad SMARTS) is 1. The number of hydrogen-bond donors (Lipinski definition) is 1. The average Bonchev–Trinajstić information content (AvgIpc) is 3.08. The first-order valence-electron chi connectivity index (χ1n) is 9.64. The predicted octanol–water partition coefficient (Wildman–Crippen LogP) is 3.64. The minimum absolute atomic E-state index is 0.0854. The summed E-state index contributed by atoms with van der Waals surface area (Å²) in [4.78, 5) is 26.3. The highest BCUT2D eigenvalue weighted by Crippen LogP contribution is 2.29. The van der Waals surface area contributed by atoms with Crippen LogP contribution in [0.5, 0.6) is 0 Å². The van der Waals surface area contributed by atoms with Crippen molar-refractivity contribution in [1.29, 1.82) is 0 Å². The number of likely N-dealkylation sites (tertiary alicyclic amines) is 1. The van der Waals surface area contributed by atoms with Crippen molar-refractivity contribution in [3.63, 3.8) is 0 Å².